The number of halogens is 1. The third-order valence-electron chi connectivity index (χ3n) is 5.19. The van der Waals surface area contributed by atoms with Gasteiger partial charge in [-0.3, -0.25) is 4.79 Å². The summed E-state index contributed by atoms with van der Waals surface area (Å²) in [5.74, 6) is -1.24. The number of rotatable bonds is 6. The zero-order valence-corrected chi connectivity index (χ0v) is 20.0. The van der Waals surface area contributed by atoms with Crippen LogP contribution < -0.4 is 5.32 Å². The summed E-state index contributed by atoms with van der Waals surface area (Å²) in [5, 5.41) is 14.5. The van der Waals surface area contributed by atoms with Gasteiger partial charge in [-0.1, -0.05) is 88.7 Å². The van der Waals surface area contributed by atoms with Gasteiger partial charge in [0.25, 0.3) is 5.91 Å². The number of hydrogen-bond donors (Lipinski definition) is 2. The molecule has 33 heavy (non-hydrogen) atoms. The van der Waals surface area contributed by atoms with Crippen molar-refractivity contribution in [2.45, 2.75) is 5.60 Å². The number of methoxy groups -OCH3 is 1. The lowest BCUT2D eigenvalue weighted by molar-refractivity contribution is -0.131. The Morgan fingerprint density at radius 2 is 1.45 bits per heavy atom. The van der Waals surface area contributed by atoms with Crippen LogP contribution in [-0.2, 0) is 15.1 Å². The Bertz CT molecular complexity index is 1230. The number of carbonyl (C=O) groups is 2. The van der Waals surface area contributed by atoms with E-state index in [4.69, 9.17) is 4.74 Å². The second kappa shape index (κ2) is 9.70. The van der Waals surface area contributed by atoms with Gasteiger partial charge in [0.1, 0.15) is 4.88 Å². The predicted octanol–water partition coefficient (Wildman–Crippen LogP) is 5.84. The molecule has 0 aliphatic carbocycles. The van der Waals surface area contributed by atoms with E-state index < -0.39 is 17.5 Å². The molecule has 7 heteroatoms. The molecule has 0 fully saturated rings. The number of esters is 1. The summed E-state index contributed by atoms with van der Waals surface area (Å²) in [5.41, 5.74) is 0.0268. The molecule has 0 aliphatic heterocycles. The lowest BCUT2D eigenvalue weighted by Gasteiger charge is -2.28. The van der Waals surface area contributed by atoms with E-state index in [2.05, 4.69) is 21.2 Å². The summed E-state index contributed by atoms with van der Waals surface area (Å²) in [6, 6.07) is 26.7. The Morgan fingerprint density at radius 3 is 1.97 bits per heavy atom. The van der Waals surface area contributed by atoms with Gasteiger partial charge in [0.2, 0.25) is 0 Å². The molecule has 0 spiro atoms. The van der Waals surface area contributed by atoms with Crippen LogP contribution in [0.5, 0.6) is 0 Å². The standard InChI is InChI=1S/C26H20BrNO4S/c1-32-24(29)23-21(16-22(33-23)17-12-14-20(27)15-13-17)28-25(30)26(31,18-8-4-2-5-9-18)19-10-6-3-7-11-19/h2-16,31H,1H3,(H,28,30). The molecule has 4 aromatic rings. The van der Waals surface area contributed by atoms with E-state index >= 15 is 0 Å². The van der Waals surface area contributed by atoms with Gasteiger partial charge in [0.05, 0.1) is 12.8 Å². The third kappa shape index (κ3) is 4.61. The highest BCUT2D eigenvalue weighted by Gasteiger charge is 2.40. The van der Waals surface area contributed by atoms with Crippen LogP contribution in [0.3, 0.4) is 0 Å². The lowest BCUT2D eigenvalue weighted by atomic mass is 9.85. The normalized spacial score (nSPS) is 11.1. The summed E-state index contributed by atoms with van der Waals surface area (Å²) >= 11 is 4.62. The van der Waals surface area contributed by atoms with Gasteiger partial charge in [0.15, 0.2) is 5.60 Å². The van der Waals surface area contributed by atoms with Crippen molar-refractivity contribution in [2.24, 2.45) is 0 Å². The second-order valence-electron chi connectivity index (χ2n) is 7.25. The van der Waals surface area contributed by atoms with E-state index in [9.17, 15) is 14.7 Å². The monoisotopic (exact) mass is 521 g/mol. The van der Waals surface area contributed by atoms with Gasteiger partial charge in [0, 0.05) is 9.35 Å². The number of anilines is 1. The maximum absolute atomic E-state index is 13.6. The van der Waals surface area contributed by atoms with Crippen molar-refractivity contribution in [3.63, 3.8) is 0 Å². The van der Waals surface area contributed by atoms with Crippen molar-refractivity contribution in [3.8, 4) is 10.4 Å². The molecule has 0 radical (unpaired) electrons. The Morgan fingerprint density at radius 1 is 0.909 bits per heavy atom. The number of aliphatic hydroxyl groups is 1. The zero-order chi connectivity index (χ0) is 23.4. The van der Waals surface area contributed by atoms with E-state index in [0.717, 1.165) is 14.9 Å². The van der Waals surface area contributed by atoms with Crippen LogP contribution in [0.2, 0.25) is 0 Å². The van der Waals surface area contributed by atoms with Crippen molar-refractivity contribution in [2.75, 3.05) is 12.4 Å². The highest BCUT2D eigenvalue weighted by Crippen LogP contribution is 2.38. The summed E-state index contributed by atoms with van der Waals surface area (Å²) in [7, 11) is 1.29. The van der Waals surface area contributed by atoms with Crippen molar-refractivity contribution in [1.82, 2.24) is 0 Å². The topological polar surface area (TPSA) is 75.6 Å². The highest BCUT2D eigenvalue weighted by molar-refractivity contribution is 9.10. The Labute approximate surface area is 203 Å². The molecule has 5 nitrogen and oxygen atoms in total. The van der Waals surface area contributed by atoms with E-state index in [-0.39, 0.29) is 10.6 Å². The number of benzene rings is 3. The Hall–Kier alpha value is -3.26. The molecule has 0 saturated carbocycles. The minimum absolute atomic E-state index is 0.243. The van der Waals surface area contributed by atoms with Crippen LogP contribution in [0.15, 0.2) is 95.5 Å². The van der Waals surface area contributed by atoms with Crippen molar-refractivity contribution in [3.05, 3.63) is 111 Å². The molecule has 1 heterocycles. The quantitative estimate of drug-likeness (QED) is 0.312. The number of amides is 1. The molecular weight excluding hydrogens is 502 g/mol. The van der Waals surface area contributed by atoms with Gasteiger partial charge in [-0.2, -0.15) is 0 Å². The minimum Gasteiger partial charge on any atom is -0.465 e. The van der Waals surface area contributed by atoms with E-state index in [1.807, 2.05) is 36.4 Å². The average Bonchev–Trinajstić information content (AvgIpc) is 3.28. The van der Waals surface area contributed by atoms with Crippen LogP contribution in [0.4, 0.5) is 5.69 Å². The van der Waals surface area contributed by atoms with E-state index in [1.165, 1.54) is 18.4 Å². The van der Waals surface area contributed by atoms with Gasteiger partial charge in [-0.15, -0.1) is 11.3 Å². The van der Waals surface area contributed by atoms with Gasteiger partial charge < -0.3 is 15.2 Å². The molecule has 1 aromatic heterocycles. The molecule has 0 aliphatic rings. The molecule has 2 N–H and O–H groups in total. The highest BCUT2D eigenvalue weighted by atomic mass is 79.9. The fourth-order valence-electron chi connectivity index (χ4n) is 3.48. The minimum atomic E-state index is -1.96. The number of hydrogen-bond acceptors (Lipinski definition) is 5. The van der Waals surface area contributed by atoms with Crippen LogP contribution in [0.25, 0.3) is 10.4 Å². The fraction of sp³-hybridized carbons (Fsp3) is 0.0769. The maximum atomic E-state index is 13.6. The van der Waals surface area contributed by atoms with Crippen LogP contribution in [-0.4, -0.2) is 24.1 Å². The summed E-state index contributed by atoms with van der Waals surface area (Å²) in [6.45, 7) is 0. The lowest BCUT2D eigenvalue weighted by Crippen LogP contribution is -2.41. The largest absolute Gasteiger partial charge is 0.465 e. The number of carbonyl (C=O) groups excluding carboxylic acids is 2. The molecule has 0 saturated heterocycles. The first-order chi connectivity index (χ1) is 15.9. The molecule has 0 unspecified atom stereocenters. The first kappa shape index (κ1) is 22.9. The van der Waals surface area contributed by atoms with Crippen molar-refractivity contribution >= 4 is 44.8 Å². The number of ether oxygens (including phenoxy) is 1. The van der Waals surface area contributed by atoms with Crippen LogP contribution in [0, 0.1) is 0 Å². The molecule has 3 aromatic carbocycles. The molecule has 0 atom stereocenters. The van der Waals surface area contributed by atoms with Crippen LogP contribution >= 0.6 is 27.3 Å². The van der Waals surface area contributed by atoms with Gasteiger partial charge in [-0.25, -0.2) is 4.79 Å². The number of nitrogens with one attached hydrogen (secondary N) is 1. The SMILES string of the molecule is COC(=O)c1sc(-c2ccc(Br)cc2)cc1NC(=O)C(O)(c1ccccc1)c1ccccc1. The van der Waals surface area contributed by atoms with Crippen LogP contribution in [0.1, 0.15) is 20.8 Å². The predicted molar refractivity (Wildman–Crippen MR) is 133 cm³/mol. The summed E-state index contributed by atoms with van der Waals surface area (Å²) in [4.78, 5) is 27.1. The molecule has 0 bridgehead atoms. The average molecular weight is 522 g/mol. The summed E-state index contributed by atoms with van der Waals surface area (Å²) in [6.07, 6.45) is 0. The molecule has 4 rings (SSSR count). The zero-order valence-electron chi connectivity index (χ0n) is 17.6. The van der Waals surface area contributed by atoms with Crippen molar-refractivity contribution in [1.29, 1.82) is 0 Å². The van der Waals surface area contributed by atoms with E-state index in [0.29, 0.717) is 11.1 Å². The van der Waals surface area contributed by atoms with Gasteiger partial charge >= 0.3 is 5.97 Å². The third-order valence-corrected chi connectivity index (χ3v) is 6.88. The van der Waals surface area contributed by atoms with Gasteiger partial charge in [-0.05, 0) is 34.9 Å². The summed E-state index contributed by atoms with van der Waals surface area (Å²) < 4.78 is 5.86. The fourth-order valence-corrected chi connectivity index (χ4v) is 4.79. The van der Waals surface area contributed by atoms with E-state index in [1.54, 1.807) is 54.6 Å². The Kier molecular flexibility index (Phi) is 6.74. The molecular formula is C26H20BrNO4S. The first-order valence-electron chi connectivity index (χ1n) is 10.1. The molecule has 166 valence electrons. The Balaban J connectivity index is 1.77. The maximum Gasteiger partial charge on any atom is 0.350 e. The smallest absolute Gasteiger partial charge is 0.350 e. The first-order valence-corrected chi connectivity index (χ1v) is 11.7. The second-order valence-corrected chi connectivity index (χ2v) is 9.22. The molecule has 1 amide bonds. The number of thiophene rings is 1. The van der Waals surface area contributed by atoms with Crippen molar-refractivity contribution < 1.29 is 19.4 Å².